The average molecular weight is 341 g/mol. The smallest absolute Gasteiger partial charge is 0.126 e. The van der Waals surface area contributed by atoms with E-state index in [0.717, 1.165) is 48.1 Å². The van der Waals surface area contributed by atoms with Crippen molar-refractivity contribution in [3.05, 3.63) is 28.2 Å². The van der Waals surface area contributed by atoms with Crippen LogP contribution in [0.1, 0.15) is 50.7 Å². The van der Waals surface area contributed by atoms with Crippen molar-refractivity contribution in [2.24, 2.45) is 0 Å². The van der Waals surface area contributed by atoms with Gasteiger partial charge in [0, 0.05) is 29.3 Å². The van der Waals surface area contributed by atoms with Crippen LogP contribution < -0.4 is 4.74 Å². The Hall–Kier alpha value is -0.580. The summed E-state index contributed by atoms with van der Waals surface area (Å²) >= 11 is 3.45. The van der Waals surface area contributed by atoms with Crippen molar-refractivity contribution in [2.45, 2.75) is 56.8 Å². The van der Waals surface area contributed by atoms with Crippen LogP contribution in [0.25, 0.3) is 0 Å². The Kier molecular flexibility index (Phi) is 4.07. The lowest BCUT2D eigenvalue weighted by atomic mass is 9.80. The van der Waals surface area contributed by atoms with E-state index in [4.69, 9.17) is 9.47 Å². The van der Waals surface area contributed by atoms with Gasteiger partial charge in [-0.2, -0.15) is 0 Å². The molecule has 1 fully saturated rings. The molecule has 2 heterocycles. The maximum Gasteiger partial charge on any atom is 0.126 e. The topological polar surface area (TPSA) is 38.7 Å². The highest BCUT2D eigenvalue weighted by atomic mass is 79.9. The third-order valence-corrected chi connectivity index (χ3v) is 4.84. The lowest BCUT2D eigenvalue weighted by Gasteiger charge is -2.45. The van der Waals surface area contributed by atoms with Gasteiger partial charge in [0.05, 0.1) is 18.8 Å². The zero-order valence-electron chi connectivity index (χ0n) is 11.8. The van der Waals surface area contributed by atoms with Crippen LogP contribution in [-0.2, 0) is 4.74 Å². The van der Waals surface area contributed by atoms with Crippen molar-refractivity contribution in [3.63, 3.8) is 0 Å². The van der Waals surface area contributed by atoms with Gasteiger partial charge in [-0.25, -0.2) is 0 Å². The molecule has 0 amide bonds. The zero-order valence-corrected chi connectivity index (χ0v) is 13.4. The van der Waals surface area contributed by atoms with Crippen molar-refractivity contribution in [2.75, 3.05) is 6.61 Å². The van der Waals surface area contributed by atoms with Gasteiger partial charge < -0.3 is 14.6 Å². The minimum atomic E-state index is -0.448. The molecule has 2 aliphatic heterocycles. The molecule has 0 radical (unpaired) electrons. The first-order chi connectivity index (χ1) is 9.62. The number of rotatable bonds is 2. The fourth-order valence-corrected chi connectivity index (χ4v) is 3.76. The van der Waals surface area contributed by atoms with Crippen molar-refractivity contribution in [3.8, 4) is 5.75 Å². The fourth-order valence-electron chi connectivity index (χ4n) is 3.38. The molecule has 1 saturated heterocycles. The van der Waals surface area contributed by atoms with E-state index < -0.39 is 6.10 Å². The molecule has 0 aliphatic carbocycles. The monoisotopic (exact) mass is 340 g/mol. The molecule has 0 saturated carbocycles. The summed E-state index contributed by atoms with van der Waals surface area (Å²) in [6.07, 6.45) is 4.41. The fraction of sp³-hybridized carbons (Fsp3) is 0.625. The van der Waals surface area contributed by atoms with Crippen LogP contribution in [0.3, 0.4) is 0 Å². The summed E-state index contributed by atoms with van der Waals surface area (Å²) in [6, 6.07) is 5.87. The molecule has 1 aromatic rings. The van der Waals surface area contributed by atoms with E-state index in [0.29, 0.717) is 6.42 Å². The largest absolute Gasteiger partial charge is 0.487 e. The summed E-state index contributed by atoms with van der Waals surface area (Å²) in [5, 5.41) is 10.5. The Morgan fingerprint density at radius 2 is 2.25 bits per heavy atom. The van der Waals surface area contributed by atoms with E-state index in [1.807, 2.05) is 18.2 Å². The number of fused-ring (bicyclic) bond motifs is 1. The minimum Gasteiger partial charge on any atom is -0.487 e. The molecule has 1 N–H and O–H groups in total. The summed E-state index contributed by atoms with van der Waals surface area (Å²) < 4.78 is 13.1. The van der Waals surface area contributed by atoms with Crippen LogP contribution in [0.2, 0.25) is 0 Å². The quantitative estimate of drug-likeness (QED) is 0.884. The average Bonchev–Trinajstić information content (AvgIpc) is 2.40. The maximum absolute atomic E-state index is 10.5. The summed E-state index contributed by atoms with van der Waals surface area (Å²) in [5.41, 5.74) is 0.641. The molecule has 0 aromatic heterocycles. The van der Waals surface area contributed by atoms with Gasteiger partial charge in [-0.3, -0.25) is 0 Å². The molecule has 20 heavy (non-hydrogen) atoms. The van der Waals surface area contributed by atoms with E-state index in [2.05, 4.69) is 22.9 Å². The van der Waals surface area contributed by atoms with Crippen LogP contribution in [0.5, 0.6) is 5.75 Å². The molecule has 3 nitrogen and oxygen atoms in total. The van der Waals surface area contributed by atoms with Crippen molar-refractivity contribution in [1.82, 2.24) is 0 Å². The first kappa shape index (κ1) is 14.4. The van der Waals surface area contributed by atoms with Crippen molar-refractivity contribution in [1.29, 1.82) is 0 Å². The molecule has 4 heteroatoms. The third kappa shape index (κ3) is 2.74. The zero-order chi connectivity index (χ0) is 14.2. The molecule has 110 valence electrons. The molecule has 3 rings (SSSR count). The predicted molar refractivity (Wildman–Crippen MR) is 81.0 cm³/mol. The van der Waals surface area contributed by atoms with Gasteiger partial charge in [0.2, 0.25) is 0 Å². The van der Waals surface area contributed by atoms with E-state index >= 15 is 0 Å². The number of hydrogen-bond acceptors (Lipinski definition) is 3. The highest BCUT2D eigenvalue weighted by molar-refractivity contribution is 9.10. The van der Waals surface area contributed by atoms with Gasteiger partial charge in [-0.15, -0.1) is 0 Å². The van der Waals surface area contributed by atoms with Crippen LogP contribution in [0.15, 0.2) is 22.7 Å². The standard InChI is InChI=1S/C16H21BrO3/c1-2-3-12-9-16(6-7-19-12)10-14(18)13-8-11(17)4-5-15(13)20-16/h4-5,8,12,14,18H,2-3,6-7,9-10H2,1H3/t12?,14-,16?/m0/s1. The summed E-state index contributed by atoms with van der Waals surface area (Å²) in [7, 11) is 0. The molecule has 3 atom stereocenters. The Morgan fingerprint density at radius 1 is 1.40 bits per heavy atom. The Balaban J connectivity index is 1.84. The predicted octanol–water partition coefficient (Wildman–Crippen LogP) is 3.98. The Labute approximate surface area is 128 Å². The maximum atomic E-state index is 10.5. The molecule has 2 unspecified atom stereocenters. The highest BCUT2D eigenvalue weighted by Gasteiger charge is 2.44. The van der Waals surface area contributed by atoms with Gasteiger partial charge in [0.1, 0.15) is 11.4 Å². The summed E-state index contributed by atoms with van der Waals surface area (Å²) in [5.74, 6) is 0.823. The Bertz CT molecular complexity index is 489. The number of aliphatic hydroxyl groups excluding tert-OH is 1. The summed E-state index contributed by atoms with van der Waals surface area (Å²) in [4.78, 5) is 0. The number of ether oxygens (including phenoxy) is 2. The second-order valence-corrected chi connectivity index (χ2v) is 6.84. The van der Waals surface area contributed by atoms with Crippen molar-refractivity contribution >= 4 is 15.9 Å². The van der Waals surface area contributed by atoms with Gasteiger partial charge >= 0.3 is 0 Å². The van der Waals surface area contributed by atoms with E-state index in [1.165, 1.54) is 0 Å². The third-order valence-electron chi connectivity index (χ3n) is 4.34. The summed E-state index contributed by atoms with van der Waals surface area (Å²) in [6.45, 7) is 2.90. The van der Waals surface area contributed by atoms with Gasteiger partial charge in [-0.05, 0) is 24.6 Å². The SMILES string of the molecule is CCCC1CC2(CCO1)C[C@H](O)c1cc(Br)ccc1O2. The number of halogens is 1. The van der Waals surface area contributed by atoms with Crippen LogP contribution in [0.4, 0.5) is 0 Å². The Morgan fingerprint density at radius 3 is 3.05 bits per heavy atom. The lowest BCUT2D eigenvalue weighted by Crippen LogP contribution is -2.48. The van der Waals surface area contributed by atoms with E-state index in [-0.39, 0.29) is 11.7 Å². The van der Waals surface area contributed by atoms with E-state index in [9.17, 15) is 5.11 Å². The normalized spacial score (nSPS) is 32.8. The van der Waals surface area contributed by atoms with Crippen LogP contribution >= 0.6 is 15.9 Å². The molecule has 2 aliphatic rings. The van der Waals surface area contributed by atoms with Gasteiger partial charge in [0.25, 0.3) is 0 Å². The van der Waals surface area contributed by atoms with Crippen LogP contribution in [0, 0.1) is 0 Å². The molecule has 1 spiro atoms. The molecular weight excluding hydrogens is 320 g/mol. The molecule has 1 aromatic carbocycles. The van der Waals surface area contributed by atoms with Gasteiger partial charge in [-0.1, -0.05) is 29.3 Å². The second-order valence-electron chi connectivity index (χ2n) is 5.92. The van der Waals surface area contributed by atoms with E-state index in [1.54, 1.807) is 0 Å². The number of hydrogen-bond donors (Lipinski definition) is 1. The second kappa shape index (κ2) is 5.66. The molecular formula is C16H21BrO3. The molecule has 0 bridgehead atoms. The number of benzene rings is 1. The minimum absolute atomic E-state index is 0.252. The highest BCUT2D eigenvalue weighted by Crippen LogP contribution is 2.46. The van der Waals surface area contributed by atoms with Crippen molar-refractivity contribution < 1.29 is 14.6 Å². The number of aliphatic hydroxyl groups is 1. The van der Waals surface area contributed by atoms with Gasteiger partial charge in [0.15, 0.2) is 0 Å². The lowest BCUT2D eigenvalue weighted by molar-refractivity contribution is -0.118. The first-order valence-corrected chi connectivity index (χ1v) is 8.19. The first-order valence-electron chi connectivity index (χ1n) is 7.40. The van der Waals surface area contributed by atoms with Crippen LogP contribution in [-0.4, -0.2) is 23.4 Å².